The van der Waals surface area contributed by atoms with Gasteiger partial charge in [0.15, 0.2) is 5.13 Å². The molecule has 0 bridgehead atoms. The zero-order valence-corrected chi connectivity index (χ0v) is 12.9. The fourth-order valence-corrected chi connectivity index (χ4v) is 3.22. The number of hydrogen-bond acceptors (Lipinski definition) is 4. The van der Waals surface area contributed by atoms with Crippen LogP contribution in [0.2, 0.25) is 0 Å². The number of nitrogens with zero attached hydrogens (tertiary/aromatic N) is 2. The molecule has 0 amide bonds. The quantitative estimate of drug-likeness (QED) is 0.790. The summed E-state index contributed by atoms with van der Waals surface area (Å²) in [6, 6.07) is 1.56. The lowest BCUT2D eigenvalue weighted by Crippen LogP contribution is -2.27. The Kier molecular flexibility index (Phi) is 4.08. The van der Waals surface area contributed by atoms with E-state index in [2.05, 4.69) is 35.2 Å². The van der Waals surface area contributed by atoms with Crippen LogP contribution in [0.4, 0.5) is 5.13 Å². The van der Waals surface area contributed by atoms with Gasteiger partial charge in [-0.05, 0) is 38.0 Å². The van der Waals surface area contributed by atoms with Gasteiger partial charge in [-0.1, -0.05) is 13.8 Å². The molecule has 19 heavy (non-hydrogen) atoms. The van der Waals surface area contributed by atoms with Gasteiger partial charge in [-0.15, -0.1) is 11.3 Å². The molecule has 3 nitrogen and oxygen atoms in total. The van der Waals surface area contributed by atoms with Crippen LogP contribution in [0.5, 0.6) is 0 Å². The van der Waals surface area contributed by atoms with Crippen molar-refractivity contribution in [3.8, 4) is 0 Å². The van der Waals surface area contributed by atoms with Crippen molar-refractivity contribution >= 4 is 16.5 Å². The third-order valence-electron chi connectivity index (χ3n) is 3.86. The number of anilines is 1. The Balaban J connectivity index is 1.57. The summed E-state index contributed by atoms with van der Waals surface area (Å²) >= 11 is 1.88. The van der Waals surface area contributed by atoms with Gasteiger partial charge in [-0.3, -0.25) is 0 Å². The standard InChI is InChI=1S/C15H25N3S/c1-11(2)7-8-18(13-5-6-13)15-17-10-14(19-15)9-16-12-3-4-12/h10-13,16H,3-9H2,1-2H3. The molecule has 1 aromatic rings. The maximum Gasteiger partial charge on any atom is 0.185 e. The van der Waals surface area contributed by atoms with Crippen molar-refractivity contribution in [1.82, 2.24) is 10.3 Å². The molecule has 2 fully saturated rings. The van der Waals surface area contributed by atoms with E-state index >= 15 is 0 Å². The molecule has 0 saturated heterocycles. The summed E-state index contributed by atoms with van der Waals surface area (Å²) in [5, 5.41) is 4.82. The lowest BCUT2D eigenvalue weighted by molar-refractivity contribution is 0.570. The highest BCUT2D eigenvalue weighted by Gasteiger charge is 2.30. The Morgan fingerprint density at radius 2 is 2.16 bits per heavy atom. The van der Waals surface area contributed by atoms with E-state index in [4.69, 9.17) is 0 Å². The Labute approximate surface area is 120 Å². The SMILES string of the molecule is CC(C)CCN(c1ncc(CNC2CC2)s1)C1CC1. The zero-order chi connectivity index (χ0) is 13.2. The van der Waals surface area contributed by atoms with Gasteiger partial charge in [0.05, 0.1) is 0 Å². The summed E-state index contributed by atoms with van der Waals surface area (Å²) in [7, 11) is 0. The molecule has 0 spiro atoms. The summed E-state index contributed by atoms with van der Waals surface area (Å²) < 4.78 is 0. The Bertz CT molecular complexity index is 407. The monoisotopic (exact) mass is 279 g/mol. The number of rotatable bonds is 8. The lowest BCUT2D eigenvalue weighted by atomic mass is 10.1. The molecule has 0 aliphatic heterocycles. The summed E-state index contributed by atoms with van der Waals surface area (Å²) in [6.07, 6.45) is 8.76. The van der Waals surface area contributed by atoms with E-state index in [1.165, 1.54) is 48.7 Å². The average Bonchev–Trinajstić information content (AvgIpc) is 3.28. The molecule has 2 aliphatic rings. The van der Waals surface area contributed by atoms with Crippen molar-refractivity contribution in [2.24, 2.45) is 5.92 Å². The third kappa shape index (κ3) is 3.93. The number of hydrogen-bond donors (Lipinski definition) is 1. The van der Waals surface area contributed by atoms with Crippen LogP contribution in [0, 0.1) is 5.92 Å². The second-order valence-corrected chi connectivity index (χ2v) is 7.47. The highest BCUT2D eigenvalue weighted by molar-refractivity contribution is 7.15. The largest absolute Gasteiger partial charge is 0.345 e. The van der Waals surface area contributed by atoms with E-state index in [9.17, 15) is 0 Å². The van der Waals surface area contributed by atoms with Crippen molar-refractivity contribution in [1.29, 1.82) is 0 Å². The minimum atomic E-state index is 0.772. The van der Waals surface area contributed by atoms with Gasteiger partial charge >= 0.3 is 0 Å². The Morgan fingerprint density at radius 1 is 1.37 bits per heavy atom. The van der Waals surface area contributed by atoms with Crippen LogP contribution in [0.25, 0.3) is 0 Å². The molecule has 4 heteroatoms. The summed E-state index contributed by atoms with van der Waals surface area (Å²) in [5.74, 6) is 0.775. The molecule has 0 unspecified atom stereocenters. The normalized spacial score (nSPS) is 19.1. The van der Waals surface area contributed by atoms with Crippen LogP contribution in [0.3, 0.4) is 0 Å². The Morgan fingerprint density at radius 3 is 2.79 bits per heavy atom. The van der Waals surface area contributed by atoms with Crippen LogP contribution in [-0.4, -0.2) is 23.6 Å². The molecule has 1 heterocycles. The van der Waals surface area contributed by atoms with Crippen molar-refractivity contribution < 1.29 is 0 Å². The molecular formula is C15H25N3S. The molecule has 2 saturated carbocycles. The van der Waals surface area contributed by atoms with Gasteiger partial charge < -0.3 is 10.2 Å². The van der Waals surface area contributed by atoms with Gasteiger partial charge in [0.1, 0.15) is 0 Å². The highest BCUT2D eigenvalue weighted by Crippen LogP contribution is 2.34. The van der Waals surface area contributed by atoms with Crippen LogP contribution < -0.4 is 10.2 Å². The predicted molar refractivity (Wildman–Crippen MR) is 81.8 cm³/mol. The van der Waals surface area contributed by atoms with Gasteiger partial charge in [0.25, 0.3) is 0 Å². The van der Waals surface area contributed by atoms with Crippen molar-refractivity contribution in [3.05, 3.63) is 11.1 Å². The van der Waals surface area contributed by atoms with Gasteiger partial charge in [-0.25, -0.2) is 4.98 Å². The van der Waals surface area contributed by atoms with Crippen LogP contribution in [0.15, 0.2) is 6.20 Å². The number of thiazole rings is 1. The molecule has 106 valence electrons. The molecule has 0 aromatic carbocycles. The Hall–Kier alpha value is -0.610. The smallest absolute Gasteiger partial charge is 0.185 e. The second kappa shape index (κ2) is 5.80. The number of nitrogens with one attached hydrogen (secondary N) is 1. The first kappa shape index (κ1) is 13.4. The molecule has 2 aliphatic carbocycles. The maximum absolute atomic E-state index is 4.66. The van der Waals surface area contributed by atoms with E-state index < -0.39 is 0 Å². The molecular weight excluding hydrogens is 254 g/mol. The highest BCUT2D eigenvalue weighted by atomic mass is 32.1. The van der Waals surface area contributed by atoms with Crippen LogP contribution in [-0.2, 0) is 6.54 Å². The zero-order valence-electron chi connectivity index (χ0n) is 12.1. The van der Waals surface area contributed by atoms with Crippen molar-refractivity contribution in [3.63, 3.8) is 0 Å². The molecule has 1 aromatic heterocycles. The van der Waals surface area contributed by atoms with E-state index in [-0.39, 0.29) is 0 Å². The van der Waals surface area contributed by atoms with Crippen LogP contribution >= 0.6 is 11.3 Å². The fourth-order valence-electron chi connectivity index (χ4n) is 2.26. The number of aromatic nitrogens is 1. The van der Waals surface area contributed by atoms with Gasteiger partial charge in [0, 0.05) is 36.2 Å². The average molecular weight is 279 g/mol. The van der Waals surface area contributed by atoms with Crippen molar-refractivity contribution in [2.45, 2.75) is 64.6 Å². The summed E-state index contributed by atoms with van der Waals surface area (Å²) in [5.41, 5.74) is 0. The second-order valence-electron chi connectivity index (χ2n) is 6.37. The maximum atomic E-state index is 4.66. The fraction of sp³-hybridized carbons (Fsp3) is 0.800. The molecule has 1 N–H and O–H groups in total. The first-order valence-electron chi connectivity index (χ1n) is 7.67. The third-order valence-corrected chi connectivity index (χ3v) is 4.90. The summed E-state index contributed by atoms with van der Waals surface area (Å²) in [4.78, 5) is 8.59. The molecule has 0 atom stereocenters. The molecule has 0 radical (unpaired) electrons. The first-order chi connectivity index (χ1) is 9.22. The first-order valence-corrected chi connectivity index (χ1v) is 8.48. The van der Waals surface area contributed by atoms with E-state index in [0.717, 1.165) is 24.5 Å². The minimum Gasteiger partial charge on any atom is -0.345 e. The molecule has 3 rings (SSSR count). The van der Waals surface area contributed by atoms with Gasteiger partial charge in [0.2, 0.25) is 0 Å². The van der Waals surface area contributed by atoms with E-state index in [0.29, 0.717) is 0 Å². The predicted octanol–water partition coefficient (Wildman–Crippen LogP) is 3.41. The summed E-state index contributed by atoms with van der Waals surface area (Å²) in [6.45, 7) is 6.78. The van der Waals surface area contributed by atoms with Gasteiger partial charge in [-0.2, -0.15) is 0 Å². The van der Waals surface area contributed by atoms with E-state index in [1.54, 1.807) is 0 Å². The van der Waals surface area contributed by atoms with E-state index in [1.807, 2.05) is 11.3 Å². The lowest BCUT2D eigenvalue weighted by Gasteiger charge is -2.22. The van der Waals surface area contributed by atoms with Crippen LogP contribution in [0.1, 0.15) is 50.8 Å². The topological polar surface area (TPSA) is 28.2 Å². The van der Waals surface area contributed by atoms with Crippen molar-refractivity contribution in [2.75, 3.05) is 11.4 Å². The minimum absolute atomic E-state index is 0.772.